The lowest BCUT2D eigenvalue weighted by Crippen LogP contribution is -2.68. The van der Waals surface area contributed by atoms with Crippen molar-refractivity contribution < 1.29 is 14.7 Å². The lowest BCUT2D eigenvalue weighted by Gasteiger charge is -2.56. The van der Waals surface area contributed by atoms with Crippen molar-refractivity contribution in [1.29, 1.82) is 0 Å². The summed E-state index contributed by atoms with van der Waals surface area (Å²) in [6, 6.07) is 18.1. The molecule has 154 valence electrons. The van der Waals surface area contributed by atoms with Gasteiger partial charge in [0, 0.05) is 32.4 Å². The van der Waals surface area contributed by atoms with Crippen molar-refractivity contribution in [2.24, 2.45) is 0 Å². The topological polar surface area (TPSA) is 60.9 Å². The average molecular weight is 395 g/mol. The number of aliphatic hydroxyl groups is 1. The Morgan fingerprint density at radius 3 is 2.10 bits per heavy atom. The standard InChI is InChI=1S/C24H30N2O3/c1-4-23(29)26-21(15-25(5-2)17(3)28)24(22(26)16-27)20-13-11-19(12-14-20)18-9-7-6-8-10-18/h6-14,21-22,24,27H,4-5,15-16H2,1-3H3/t21-,22-,24-/m0/s1. The number of benzene rings is 2. The Morgan fingerprint density at radius 2 is 1.59 bits per heavy atom. The summed E-state index contributed by atoms with van der Waals surface area (Å²) in [7, 11) is 0. The van der Waals surface area contributed by atoms with Gasteiger partial charge >= 0.3 is 0 Å². The van der Waals surface area contributed by atoms with Gasteiger partial charge in [-0.2, -0.15) is 0 Å². The van der Waals surface area contributed by atoms with Crippen LogP contribution in [0.15, 0.2) is 54.6 Å². The molecule has 1 fully saturated rings. The van der Waals surface area contributed by atoms with E-state index in [1.54, 1.807) is 16.7 Å². The molecule has 3 atom stereocenters. The second-order valence-electron chi connectivity index (χ2n) is 7.54. The Hall–Kier alpha value is -2.66. The summed E-state index contributed by atoms with van der Waals surface area (Å²) >= 11 is 0. The Bertz CT molecular complexity index is 835. The van der Waals surface area contributed by atoms with Gasteiger partial charge in [-0.05, 0) is 23.6 Å². The molecule has 0 bridgehead atoms. The molecule has 5 nitrogen and oxygen atoms in total. The number of carbonyl (C=O) groups is 2. The predicted octanol–water partition coefficient (Wildman–Crippen LogP) is 3.29. The molecule has 0 spiro atoms. The highest BCUT2D eigenvalue weighted by Gasteiger charge is 2.51. The zero-order chi connectivity index (χ0) is 21.0. The maximum Gasteiger partial charge on any atom is 0.222 e. The first-order chi connectivity index (χ1) is 14.0. The second kappa shape index (κ2) is 9.23. The van der Waals surface area contributed by atoms with Crippen molar-refractivity contribution in [3.8, 4) is 11.1 Å². The zero-order valence-corrected chi connectivity index (χ0v) is 17.4. The summed E-state index contributed by atoms with van der Waals surface area (Å²) in [4.78, 5) is 28.0. The van der Waals surface area contributed by atoms with Crippen LogP contribution in [0.4, 0.5) is 0 Å². The molecule has 1 aliphatic rings. The van der Waals surface area contributed by atoms with Crippen molar-refractivity contribution in [2.75, 3.05) is 19.7 Å². The van der Waals surface area contributed by atoms with Gasteiger partial charge in [0.05, 0.1) is 18.7 Å². The molecule has 0 aromatic heterocycles. The number of likely N-dealkylation sites (tertiary alicyclic amines) is 1. The third-order valence-corrected chi connectivity index (χ3v) is 5.96. The lowest BCUT2D eigenvalue weighted by molar-refractivity contribution is -0.154. The highest BCUT2D eigenvalue weighted by molar-refractivity contribution is 5.79. The summed E-state index contributed by atoms with van der Waals surface area (Å²) < 4.78 is 0. The molecule has 2 amide bonds. The summed E-state index contributed by atoms with van der Waals surface area (Å²) in [6.45, 7) is 6.33. The molecule has 3 rings (SSSR count). The number of hydrogen-bond acceptors (Lipinski definition) is 3. The number of rotatable bonds is 7. The molecule has 2 aromatic carbocycles. The van der Waals surface area contributed by atoms with Crippen molar-refractivity contribution >= 4 is 11.8 Å². The van der Waals surface area contributed by atoms with Gasteiger partial charge in [-0.3, -0.25) is 9.59 Å². The largest absolute Gasteiger partial charge is 0.394 e. The van der Waals surface area contributed by atoms with E-state index >= 15 is 0 Å². The van der Waals surface area contributed by atoms with Gasteiger partial charge < -0.3 is 14.9 Å². The normalized spacial score (nSPS) is 20.8. The van der Waals surface area contributed by atoms with E-state index in [4.69, 9.17) is 0 Å². The van der Waals surface area contributed by atoms with Gasteiger partial charge in [-0.1, -0.05) is 61.5 Å². The van der Waals surface area contributed by atoms with Gasteiger partial charge in [-0.25, -0.2) is 0 Å². The lowest BCUT2D eigenvalue weighted by atomic mass is 9.74. The molecule has 1 N–H and O–H groups in total. The summed E-state index contributed by atoms with van der Waals surface area (Å²) in [5.41, 5.74) is 3.37. The Labute approximate surface area is 172 Å². The molecule has 1 aliphatic heterocycles. The van der Waals surface area contributed by atoms with E-state index in [2.05, 4.69) is 36.4 Å². The molecule has 1 heterocycles. The Kier molecular flexibility index (Phi) is 6.70. The summed E-state index contributed by atoms with van der Waals surface area (Å²) in [5.74, 6) is 0.0292. The highest BCUT2D eigenvalue weighted by atomic mass is 16.3. The number of carbonyl (C=O) groups excluding carboxylic acids is 2. The molecule has 0 aliphatic carbocycles. The van der Waals surface area contributed by atoms with Crippen LogP contribution in [0.5, 0.6) is 0 Å². The van der Waals surface area contributed by atoms with Crippen LogP contribution < -0.4 is 0 Å². The van der Waals surface area contributed by atoms with Gasteiger partial charge in [0.1, 0.15) is 0 Å². The van der Waals surface area contributed by atoms with Crippen LogP contribution in [0, 0.1) is 0 Å². The Morgan fingerprint density at radius 1 is 0.966 bits per heavy atom. The molecule has 0 unspecified atom stereocenters. The first-order valence-corrected chi connectivity index (χ1v) is 10.3. The fraction of sp³-hybridized carbons (Fsp3) is 0.417. The van der Waals surface area contributed by atoms with E-state index < -0.39 is 0 Å². The maximum atomic E-state index is 12.5. The van der Waals surface area contributed by atoms with Crippen LogP contribution in [0.3, 0.4) is 0 Å². The van der Waals surface area contributed by atoms with Crippen LogP contribution in [0.1, 0.15) is 38.7 Å². The van der Waals surface area contributed by atoms with Gasteiger partial charge in [-0.15, -0.1) is 0 Å². The molecule has 0 radical (unpaired) electrons. The molecular weight excluding hydrogens is 364 g/mol. The molecule has 0 saturated carbocycles. The number of nitrogens with zero attached hydrogens (tertiary/aromatic N) is 2. The quantitative estimate of drug-likeness (QED) is 0.784. The number of amides is 2. The minimum atomic E-state index is -0.249. The molecule has 1 saturated heterocycles. The number of aliphatic hydroxyl groups excluding tert-OH is 1. The average Bonchev–Trinajstić information content (AvgIpc) is 2.74. The van der Waals surface area contributed by atoms with Crippen molar-refractivity contribution in [3.05, 3.63) is 60.2 Å². The van der Waals surface area contributed by atoms with Crippen LogP contribution in [-0.2, 0) is 9.59 Å². The van der Waals surface area contributed by atoms with E-state index in [1.807, 2.05) is 32.0 Å². The number of hydrogen-bond donors (Lipinski definition) is 1. The third-order valence-electron chi connectivity index (χ3n) is 5.96. The minimum absolute atomic E-state index is 0.00187. The fourth-order valence-corrected chi connectivity index (χ4v) is 4.38. The fourth-order valence-electron chi connectivity index (χ4n) is 4.38. The maximum absolute atomic E-state index is 12.5. The summed E-state index contributed by atoms with van der Waals surface area (Å²) in [6.07, 6.45) is 0.388. The molecule has 5 heteroatoms. The van der Waals surface area contributed by atoms with Crippen LogP contribution in [0.2, 0.25) is 0 Å². The van der Waals surface area contributed by atoms with E-state index in [9.17, 15) is 14.7 Å². The van der Waals surface area contributed by atoms with Crippen molar-refractivity contribution in [2.45, 2.75) is 45.2 Å². The van der Waals surface area contributed by atoms with Crippen LogP contribution in [0.25, 0.3) is 11.1 Å². The monoisotopic (exact) mass is 394 g/mol. The molecule has 29 heavy (non-hydrogen) atoms. The summed E-state index contributed by atoms with van der Waals surface area (Å²) in [5, 5.41) is 10.0. The molecule has 2 aromatic rings. The first-order valence-electron chi connectivity index (χ1n) is 10.3. The van der Waals surface area contributed by atoms with E-state index in [-0.39, 0.29) is 36.4 Å². The van der Waals surface area contributed by atoms with Gasteiger partial charge in [0.15, 0.2) is 0 Å². The van der Waals surface area contributed by atoms with Gasteiger partial charge in [0.2, 0.25) is 11.8 Å². The van der Waals surface area contributed by atoms with Crippen molar-refractivity contribution in [3.63, 3.8) is 0 Å². The van der Waals surface area contributed by atoms with Crippen LogP contribution in [-0.4, -0.2) is 58.5 Å². The zero-order valence-electron chi connectivity index (χ0n) is 17.4. The van der Waals surface area contributed by atoms with E-state index in [0.717, 1.165) is 16.7 Å². The number of likely N-dealkylation sites (N-methyl/N-ethyl adjacent to an activating group) is 1. The third kappa shape index (κ3) is 4.20. The van der Waals surface area contributed by atoms with Gasteiger partial charge in [0.25, 0.3) is 0 Å². The SMILES string of the molecule is CCC(=O)N1[C@@H](CO)[C@@H](c2ccc(-c3ccccc3)cc2)[C@@H]1CN(CC)C(C)=O. The van der Waals surface area contributed by atoms with E-state index in [0.29, 0.717) is 19.5 Å². The first kappa shape index (κ1) is 21.1. The molecular formula is C24H30N2O3. The Balaban J connectivity index is 1.89. The smallest absolute Gasteiger partial charge is 0.222 e. The highest BCUT2D eigenvalue weighted by Crippen LogP contribution is 2.42. The van der Waals surface area contributed by atoms with Crippen molar-refractivity contribution in [1.82, 2.24) is 9.80 Å². The van der Waals surface area contributed by atoms with E-state index in [1.165, 1.54) is 0 Å². The second-order valence-corrected chi connectivity index (χ2v) is 7.54. The predicted molar refractivity (Wildman–Crippen MR) is 114 cm³/mol. The van der Waals surface area contributed by atoms with Crippen LogP contribution >= 0.6 is 0 Å². The minimum Gasteiger partial charge on any atom is -0.394 e.